The van der Waals surface area contributed by atoms with Gasteiger partial charge in [0.25, 0.3) is 0 Å². The summed E-state index contributed by atoms with van der Waals surface area (Å²) < 4.78 is 0. The summed E-state index contributed by atoms with van der Waals surface area (Å²) in [7, 11) is 0. The average molecular weight is 208 g/mol. The van der Waals surface area contributed by atoms with Gasteiger partial charge in [0.05, 0.1) is 5.92 Å². The molecule has 1 saturated heterocycles. The monoisotopic (exact) mass is 208 g/mol. The van der Waals surface area contributed by atoms with Crippen molar-refractivity contribution >= 4 is 5.91 Å². The zero-order valence-corrected chi connectivity index (χ0v) is 9.57. The van der Waals surface area contributed by atoms with Crippen LogP contribution in [0.1, 0.15) is 26.7 Å². The molecule has 1 aliphatic carbocycles. The minimum Gasteiger partial charge on any atom is -0.342 e. The Labute approximate surface area is 91.3 Å². The van der Waals surface area contributed by atoms with Gasteiger partial charge >= 0.3 is 0 Å². The van der Waals surface area contributed by atoms with E-state index >= 15 is 0 Å². The molecule has 1 fully saturated rings. The third-order valence-electron chi connectivity index (χ3n) is 3.42. The van der Waals surface area contributed by atoms with Crippen molar-refractivity contribution in [2.45, 2.75) is 32.7 Å². The Morgan fingerprint density at radius 1 is 1.47 bits per heavy atom. The van der Waals surface area contributed by atoms with Crippen LogP contribution in [0.2, 0.25) is 0 Å². The quantitative estimate of drug-likeness (QED) is 0.657. The van der Waals surface area contributed by atoms with Gasteiger partial charge in [0, 0.05) is 19.1 Å². The molecule has 84 valence electrons. The summed E-state index contributed by atoms with van der Waals surface area (Å²) in [4.78, 5) is 14.1. The Hall–Kier alpha value is -0.830. The van der Waals surface area contributed by atoms with Gasteiger partial charge in [0.1, 0.15) is 0 Å². The van der Waals surface area contributed by atoms with Crippen LogP contribution >= 0.6 is 0 Å². The van der Waals surface area contributed by atoms with Crippen LogP contribution in [-0.4, -0.2) is 29.9 Å². The lowest BCUT2D eigenvalue weighted by Gasteiger charge is -2.22. The molecule has 3 heteroatoms. The van der Waals surface area contributed by atoms with E-state index in [2.05, 4.69) is 13.8 Å². The Balaban J connectivity index is 1.95. The Kier molecular flexibility index (Phi) is 2.59. The molecule has 1 heterocycles. The van der Waals surface area contributed by atoms with Crippen molar-refractivity contribution in [2.24, 2.45) is 17.1 Å². The average Bonchev–Trinajstić information content (AvgIpc) is 2.71. The standard InChI is InChI=1S/C12H20N2O/c1-12(2)5-6-14(8-12)11(15)9-3-4-10(13)7-9/h3-4,9-10H,5-8,13H2,1-2H3. The second-order valence-electron chi connectivity index (χ2n) is 5.56. The van der Waals surface area contributed by atoms with Gasteiger partial charge in [-0.2, -0.15) is 0 Å². The number of nitrogens with two attached hydrogens (primary N) is 1. The molecule has 15 heavy (non-hydrogen) atoms. The highest BCUT2D eigenvalue weighted by Crippen LogP contribution is 2.31. The van der Waals surface area contributed by atoms with Gasteiger partial charge in [-0.15, -0.1) is 0 Å². The van der Waals surface area contributed by atoms with Crippen LogP contribution in [0.15, 0.2) is 12.2 Å². The molecule has 0 spiro atoms. The SMILES string of the molecule is CC1(C)CCN(C(=O)C2C=CC(N)C2)C1. The molecular formula is C12H20N2O. The molecule has 0 aromatic heterocycles. The van der Waals surface area contributed by atoms with Gasteiger partial charge in [-0.05, 0) is 18.3 Å². The number of likely N-dealkylation sites (tertiary alicyclic amines) is 1. The Morgan fingerprint density at radius 2 is 2.20 bits per heavy atom. The lowest BCUT2D eigenvalue weighted by Crippen LogP contribution is -2.35. The van der Waals surface area contributed by atoms with Crippen molar-refractivity contribution < 1.29 is 4.79 Å². The fourth-order valence-electron chi connectivity index (χ4n) is 2.45. The molecule has 2 atom stereocenters. The molecular weight excluding hydrogens is 188 g/mol. The van der Waals surface area contributed by atoms with Crippen LogP contribution in [0.5, 0.6) is 0 Å². The summed E-state index contributed by atoms with van der Waals surface area (Å²) in [5.74, 6) is 0.304. The molecule has 0 radical (unpaired) electrons. The van der Waals surface area contributed by atoms with Crippen molar-refractivity contribution in [1.29, 1.82) is 0 Å². The van der Waals surface area contributed by atoms with Gasteiger partial charge in [0.2, 0.25) is 5.91 Å². The van der Waals surface area contributed by atoms with Crippen molar-refractivity contribution in [3.8, 4) is 0 Å². The molecule has 0 saturated carbocycles. The highest BCUT2D eigenvalue weighted by Gasteiger charge is 2.35. The fourth-order valence-corrected chi connectivity index (χ4v) is 2.45. The normalized spacial score (nSPS) is 33.7. The van der Waals surface area contributed by atoms with E-state index in [1.807, 2.05) is 17.1 Å². The first-order valence-corrected chi connectivity index (χ1v) is 5.71. The molecule has 0 aromatic carbocycles. The van der Waals surface area contributed by atoms with E-state index in [9.17, 15) is 4.79 Å². The number of rotatable bonds is 1. The molecule has 0 aromatic rings. The van der Waals surface area contributed by atoms with E-state index in [0.717, 1.165) is 25.9 Å². The minimum absolute atomic E-state index is 0.0360. The Bertz CT molecular complexity index is 296. The summed E-state index contributed by atoms with van der Waals surface area (Å²) >= 11 is 0. The predicted molar refractivity (Wildman–Crippen MR) is 60.2 cm³/mol. The van der Waals surface area contributed by atoms with Gasteiger partial charge in [0.15, 0.2) is 0 Å². The predicted octanol–water partition coefficient (Wildman–Crippen LogP) is 1.15. The maximum absolute atomic E-state index is 12.1. The maximum Gasteiger partial charge on any atom is 0.229 e. The number of nitrogens with zero attached hydrogens (tertiary/aromatic N) is 1. The van der Waals surface area contributed by atoms with Crippen molar-refractivity contribution in [1.82, 2.24) is 4.90 Å². The first-order chi connectivity index (χ1) is 6.98. The molecule has 1 aliphatic heterocycles. The minimum atomic E-state index is 0.0360. The molecule has 2 rings (SSSR count). The van der Waals surface area contributed by atoms with Crippen LogP contribution in [0.3, 0.4) is 0 Å². The van der Waals surface area contributed by atoms with Crippen LogP contribution in [0.25, 0.3) is 0 Å². The largest absolute Gasteiger partial charge is 0.342 e. The maximum atomic E-state index is 12.1. The molecule has 2 unspecified atom stereocenters. The second-order valence-corrected chi connectivity index (χ2v) is 5.56. The summed E-state index contributed by atoms with van der Waals surface area (Å²) in [6, 6.07) is 0.0783. The summed E-state index contributed by atoms with van der Waals surface area (Å²) in [6.45, 7) is 6.24. The van der Waals surface area contributed by atoms with E-state index in [4.69, 9.17) is 5.73 Å². The topological polar surface area (TPSA) is 46.3 Å². The molecule has 0 bridgehead atoms. The summed E-state index contributed by atoms with van der Waals surface area (Å²) in [5, 5.41) is 0. The van der Waals surface area contributed by atoms with Gasteiger partial charge in [-0.3, -0.25) is 4.79 Å². The zero-order valence-electron chi connectivity index (χ0n) is 9.57. The molecule has 3 nitrogen and oxygen atoms in total. The van der Waals surface area contributed by atoms with Crippen LogP contribution < -0.4 is 5.73 Å². The lowest BCUT2D eigenvalue weighted by molar-refractivity contribution is -0.133. The Morgan fingerprint density at radius 3 is 2.67 bits per heavy atom. The number of hydrogen-bond acceptors (Lipinski definition) is 2. The van der Waals surface area contributed by atoms with E-state index in [-0.39, 0.29) is 17.9 Å². The number of carbonyl (C=O) groups excluding carboxylic acids is 1. The first-order valence-electron chi connectivity index (χ1n) is 5.71. The number of amides is 1. The third-order valence-corrected chi connectivity index (χ3v) is 3.42. The first kappa shape index (κ1) is 10.7. The second kappa shape index (κ2) is 3.63. The highest BCUT2D eigenvalue weighted by atomic mass is 16.2. The summed E-state index contributed by atoms with van der Waals surface area (Å²) in [5.41, 5.74) is 6.05. The molecule has 1 amide bonds. The van der Waals surface area contributed by atoms with Crippen LogP contribution in [0, 0.1) is 11.3 Å². The molecule has 2 aliphatic rings. The van der Waals surface area contributed by atoms with Gasteiger partial charge in [-0.25, -0.2) is 0 Å². The van der Waals surface area contributed by atoms with Crippen molar-refractivity contribution in [2.75, 3.05) is 13.1 Å². The van der Waals surface area contributed by atoms with Gasteiger partial charge in [-0.1, -0.05) is 26.0 Å². The van der Waals surface area contributed by atoms with E-state index in [1.54, 1.807) is 0 Å². The van der Waals surface area contributed by atoms with Crippen LogP contribution in [0.4, 0.5) is 0 Å². The van der Waals surface area contributed by atoms with Gasteiger partial charge < -0.3 is 10.6 Å². The van der Waals surface area contributed by atoms with Crippen molar-refractivity contribution in [3.63, 3.8) is 0 Å². The highest BCUT2D eigenvalue weighted by molar-refractivity contribution is 5.81. The van der Waals surface area contributed by atoms with E-state index < -0.39 is 0 Å². The van der Waals surface area contributed by atoms with E-state index in [1.165, 1.54) is 0 Å². The third kappa shape index (κ3) is 2.23. The lowest BCUT2D eigenvalue weighted by atomic mass is 9.93. The smallest absolute Gasteiger partial charge is 0.229 e. The van der Waals surface area contributed by atoms with E-state index in [0.29, 0.717) is 5.41 Å². The molecule has 2 N–H and O–H groups in total. The summed E-state index contributed by atoms with van der Waals surface area (Å²) in [6.07, 6.45) is 5.82. The number of hydrogen-bond donors (Lipinski definition) is 1. The number of carbonyl (C=O) groups is 1. The fraction of sp³-hybridized carbons (Fsp3) is 0.750. The zero-order chi connectivity index (χ0) is 11.1. The van der Waals surface area contributed by atoms with Crippen LogP contribution in [-0.2, 0) is 4.79 Å². The van der Waals surface area contributed by atoms with Crippen molar-refractivity contribution in [3.05, 3.63) is 12.2 Å².